The van der Waals surface area contributed by atoms with Gasteiger partial charge in [-0.15, -0.1) is 0 Å². The molecule has 4 heteroatoms. The molecule has 314 valence electrons. The number of rotatable bonds is 5. The van der Waals surface area contributed by atoms with Crippen molar-refractivity contribution in [1.82, 2.24) is 19.9 Å². The van der Waals surface area contributed by atoms with Crippen molar-refractivity contribution in [3.05, 3.63) is 231 Å². The quantitative estimate of drug-likeness (QED) is 0.162. The van der Waals surface area contributed by atoms with Crippen molar-refractivity contribution < 1.29 is 0 Å². The van der Waals surface area contributed by atoms with Crippen LogP contribution in [0, 0.1) is 0 Å². The van der Waals surface area contributed by atoms with E-state index in [9.17, 15) is 0 Å². The minimum absolute atomic E-state index is 0.936. The van der Waals surface area contributed by atoms with Gasteiger partial charge in [0.25, 0.3) is 0 Å². The summed E-state index contributed by atoms with van der Waals surface area (Å²) in [6.45, 7) is 0. The van der Waals surface area contributed by atoms with E-state index in [1.165, 1.54) is 64.6 Å². The maximum absolute atomic E-state index is 4.90. The minimum atomic E-state index is 0.936. The van der Waals surface area contributed by atoms with E-state index < -0.39 is 0 Å². The normalized spacial score (nSPS) is 11.8. The lowest BCUT2D eigenvalue weighted by Crippen LogP contribution is -1.92. The van der Waals surface area contributed by atoms with E-state index in [1.807, 2.05) is 49.1 Å². The topological polar surface area (TPSA) is 51.6 Å². The highest BCUT2D eigenvalue weighted by molar-refractivity contribution is 6.31. The van der Waals surface area contributed by atoms with Crippen LogP contribution < -0.4 is 0 Å². The zero-order valence-electron chi connectivity index (χ0n) is 36.7. The molecule has 0 saturated carbocycles. The Kier molecular flexibility index (Phi) is 8.55. The Morgan fingerprint density at radius 3 is 1.22 bits per heavy atom. The molecule has 14 aromatic rings. The first-order valence-corrected chi connectivity index (χ1v) is 23.1. The molecule has 0 bridgehead atoms. The Balaban J connectivity index is 1.09. The Bertz CT molecular complexity index is 4360. The number of aromatic nitrogens is 4. The number of benzene rings is 10. The third-order valence-electron chi connectivity index (χ3n) is 14.0. The predicted molar refractivity (Wildman–Crippen MR) is 285 cm³/mol. The van der Waals surface area contributed by atoms with Gasteiger partial charge in [-0.1, -0.05) is 133 Å². The smallest absolute Gasteiger partial charge is 0.0780 e. The lowest BCUT2D eigenvalue weighted by Gasteiger charge is -2.19. The first-order valence-electron chi connectivity index (χ1n) is 23.1. The van der Waals surface area contributed by atoms with Crippen LogP contribution >= 0.6 is 0 Å². The molecule has 0 radical (unpaired) electrons. The van der Waals surface area contributed by atoms with E-state index in [0.29, 0.717) is 0 Å². The highest BCUT2D eigenvalue weighted by Crippen LogP contribution is 2.46. The number of hydrogen-bond acceptors (Lipinski definition) is 4. The molecule has 0 atom stereocenters. The van der Waals surface area contributed by atoms with Crippen LogP contribution in [-0.2, 0) is 0 Å². The molecule has 0 saturated heterocycles. The molecule has 0 amide bonds. The summed E-state index contributed by atoms with van der Waals surface area (Å²) < 4.78 is 0. The number of hydrogen-bond donors (Lipinski definition) is 0. The molecule has 4 aromatic heterocycles. The largest absolute Gasteiger partial charge is 0.256 e. The maximum atomic E-state index is 4.90. The maximum Gasteiger partial charge on any atom is 0.0780 e. The summed E-state index contributed by atoms with van der Waals surface area (Å²) in [6, 6.07) is 74.9. The summed E-state index contributed by atoms with van der Waals surface area (Å²) in [6.07, 6.45) is 7.53. The number of fused-ring (bicyclic) bond motifs is 14. The summed E-state index contributed by atoms with van der Waals surface area (Å²) >= 11 is 0. The molecular weight excluding hydrogens is 825 g/mol. The van der Waals surface area contributed by atoms with E-state index in [0.717, 1.165) is 77.7 Å². The van der Waals surface area contributed by atoms with Gasteiger partial charge >= 0.3 is 0 Å². The van der Waals surface area contributed by atoms with Crippen molar-refractivity contribution in [3.63, 3.8) is 0 Å². The lowest BCUT2D eigenvalue weighted by atomic mass is 9.85. The summed E-state index contributed by atoms with van der Waals surface area (Å²) in [5, 5.41) is 16.7. The number of para-hydroxylation sites is 2. The zero-order chi connectivity index (χ0) is 44.7. The van der Waals surface area contributed by atoms with Crippen LogP contribution in [0.4, 0.5) is 0 Å². The van der Waals surface area contributed by atoms with Gasteiger partial charge in [0.05, 0.1) is 22.4 Å². The molecule has 0 spiro atoms. The Labute approximate surface area is 391 Å². The van der Waals surface area contributed by atoms with E-state index in [2.05, 4.69) is 182 Å². The van der Waals surface area contributed by atoms with E-state index in [-0.39, 0.29) is 0 Å². The molecule has 0 fully saturated rings. The molecule has 0 unspecified atom stereocenters. The summed E-state index contributed by atoms with van der Waals surface area (Å²) in [5.74, 6) is 0. The molecule has 4 heterocycles. The van der Waals surface area contributed by atoms with Crippen molar-refractivity contribution in [1.29, 1.82) is 0 Å². The van der Waals surface area contributed by atoms with Crippen LogP contribution in [-0.4, -0.2) is 19.9 Å². The second-order valence-electron chi connectivity index (χ2n) is 17.7. The summed E-state index contributed by atoms with van der Waals surface area (Å²) in [5.41, 5.74) is 12.9. The number of pyridine rings is 4. The van der Waals surface area contributed by atoms with Crippen LogP contribution in [0.25, 0.3) is 142 Å². The van der Waals surface area contributed by atoms with Crippen molar-refractivity contribution >= 4 is 86.4 Å². The fraction of sp³-hybridized carbons (Fsp3) is 0. The fourth-order valence-corrected chi connectivity index (χ4v) is 10.9. The van der Waals surface area contributed by atoms with Crippen LogP contribution in [0.15, 0.2) is 231 Å². The Morgan fingerprint density at radius 1 is 0.221 bits per heavy atom. The SMILES string of the molecule is c1ccc(-c2ccc3c(c2)c2ccccc2c2cc(-c4ccccn4)cc(-c4ccc5c6cc(-c7cccc8cccnc78)ccc6c6ccc(-c7cccc8cccnc78)cc6c5c4)c32)nc1. The van der Waals surface area contributed by atoms with Crippen LogP contribution in [0.2, 0.25) is 0 Å². The molecule has 0 aliphatic carbocycles. The number of nitrogens with zero attached hydrogens (tertiary/aromatic N) is 4. The molecule has 0 aliphatic rings. The second-order valence-corrected chi connectivity index (χ2v) is 17.7. The van der Waals surface area contributed by atoms with Gasteiger partial charge in [-0.3, -0.25) is 19.9 Å². The standard InChI is InChI=1S/C64H38N4/c1-2-16-49-48(15-1)56-36-44(60-19-3-5-29-65-60)24-28-53(56)62-54(37-45(38-59(49)62)61-20-4-6-30-66-61)43-23-27-52-55-33-41(46-17-7-11-39-13-9-31-67-63(39)46)21-25-50(55)51-26-22-42(34-57(51)58(52)35-43)47-18-8-12-40-14-10-32-68-64(40)47/h1-38H. The molecule has 14 rings (SSSR count). The van der Waals surface area contributed by atoms with E-state index in [4.69, 9.17) is 19.9 Å². The first-order chi connectivity index (χ1) is 33.7. The van der Waals surface area contributed by atoms with E-state index >= 15 is 0 Å². The van der Waals surface area contributed by atoms with Crippen LogP contribution in [0.3, 0.4) is 0 Å². The lowest BCUT2D eigenvalue weighted by molar-refractivity contribution is 1.33. The van der Waals surface area contributed by atoms with Gasteiger partial charge in [0, 0.05) is 57.8 Å². The Morgan fingerprint density at radius 2 is 0.632 bits per heavy atom. The van der Waals surface area contributed by atoms with Crippen molar-refractivity contribution in [2.24, 2.45) is 0 Å². The fourth-order valence-electron chi connectivity index (χ4n) is 10.9. The monoisotopic (exact) mass is 862 g/mol. The summed E-state index contributed by atoms with van der Waals surface area (Å²) in [4.78, 5) is 19.4. The van der Waals surface area contributed by atoms with Gasteiger partial charge in [-0.25, -0.2) is 0 Å². The zero-order valence-corrected chi connectivity index (χ0v) is 36.7. The van der Waals surface area contributed by atoms with Gasteiger partial charge in [0.2, 0.25) is 0 Å². The predicted octanol–water partition coefficient (Wildman–Crippen LogP) is 16.8. The van der Waals surface area contributed by atoms with Gasteiger partial charge in [0.15, 0.2) is 0 Å². The van der Waals surface area contributed by atoms with Crippen LogP contribution in [0.1, 0.15) is 0 Å². The first kappa shape index (κ1) is 38.2. The van der Waals surface area contributed by atoms with Crippen LogP contribution in [0.5, 0.6) is 0 Å². The highest BCUT2D eigenvalue weighted by Gasteiger charge is 2.20. The molecule has 68 heavy (non-hydrogen) atoms. The van der Waals surface area contributed by atoms with E-state index in [1.54, 1.807) is 0 Å². The highest BCUT2D eigenvalue weighted by atomic mass is 14.7. The average molecular weight is 863 g/mol. The third kappa shape index (κ3) is 6.01. The molecular formula is C64H38N4. The van der Waals surface area contributed by atoms with Gasteiger partial charge in [-0.2, -0.15) is 0 Å². The molecule has 10 aromatic carbocycles. The average Bonchev–Trinajstić information content (AvgIpc) is 3.42. The minimum Gasteiger partial charge on any atom is -0.256 e. The van der Waals surface area contributed by atoms with Crippen molar-refractivity contribution in [2.75, 3.05) is 0 Å². The summed E-state index contributed by atoms with van der Waals surface area (Å²) in [7, 11) is 0. The van der Waals surface area contributed by atoms with Crippen molar-refractivity contribution in [3.8, 4) is 55.9 Å². The van der Waals surface area contributed by atoms with Gasteiger partial charge in [0.1, 0.15) is 0 Å². The molecule has 0 aliphatic heterocycles. The third-order valence-corrected chi connectivity index (χ3v) is 14.0. The molecule has 0 N–H and O–H groups in total. The van der Waals surface area contributed by atoms with Gasteiger partial charge in [-0.05, 0) is 160 Å². The Hall–Kier alpha value is -9.12. The molecule has 4 nitrogen and oxygen atoms in total. The van der Waals surface area contributed by atoms with Crippen molar-refractivity contribution in [2.45, 2.75) is 0 Å². The second kappa shape index (κ2) is 15.2. The van der Waals surface area contributed by atoms with Gasteiger partial charge < -0.3 is 0 Å².